The van der Waals surface area contributed by atoms with E-state index in [0.717, 1.165) is 23.6 Å². The zero-order chi connectivity index (χ0) is 26.5. The van der Waals surface area contributed by atoms with Crippen LogP contribution in [0, 0.1) is 0 Å². The maximum atomic E-state index is 13.7. The summed E-state index contributed by atoms with van der Waals surface area (Å²) in [6, 6.07) is 8.81. The number of hydrogen-bond acceptors (Lipinski definition) is 5. The molecule has 1 aromatic carbocycles. The van der Waals surface area contributed by atoms with Gasteiger partial charge in [-0.1, -0.05) is 67.6 Å². The van der Waals surface area contributed by atoms with Crippen LogP contribution < -0.4 is 0 Å². The lowest BCUT2D eigenvalue weighted by molar-refractivity contribution is -0.144. The van der Waals surface area contributed by atoms with Crippen molar-refractivity contribution in [3.63, 3.8) is 0 Å². The van der Waals surface area contributed by atoms with E-state index < -0.39 is 41.1 Å². The average Bonchev–Trinajstić information content (AvgIpc) is 2.72. The summed E-state index contributed by atoms with van der Waals surface area (Å²) in [7, 11) is -1.24. The zero-order valence-electron chi connectivity index (χ0n) is 22.7. The zero-order valence-corrected chi connectivity index (χ0v) is 24.5. The number of allylic oxidation sites excluding steroid dienone is 1. The van der Waals surface area contributed by atoms with Crippen LogP contribution in [0.2, 0.25) is 25.7 Å². The van der Waals surface area contributed by atoms with Crippen molar-refractivity contribution in [1.82, 2.24) is 4.31 Å². The number of aliphatic carboxylic acids is 1. The smallest absolute Gasteiger partial charge is 0.314 e. The fourth-order valence-electron chi connectivity index (χ4n) is 4.39. The summed E-state index contributed by atoms with van der Waals surface area (Å²) in [6.07, 6.45) is 3.35. The van der Waals surface area contributed by atoms with Gasteiger partial charge in [0.15, 0.2) is 0 Å². The molecular formula is C27H45NO5SSi. The molecule has 8 heteroatoms. The molecule has 2 atom stereocenters. The van der Waals surface area contributed by atoms with Gasteiger partial charge in [0.2, 0.25) is 0 Å². The van der Waals surface area contributed by atoms with Crippen molar-refractivity contribution in [2.24, 2.45) is 0 Å². The number of carboxylic acid groups (broad SMARTS) is 1. The fraction of sp³-hybridized carbons (Fsp3) is 0.667. The first-order chi connectivity index (χ1) is 16.2. The standard InChI is InChI=1S/C27H45NO5SSi/c1-9-15-26(16-10-2,24(29)30)22-11-13-23(14-12-22)27(19-33-20-27)28(34(31)25(3,4)5)21-32-17-18-35(6,7)8/h9,11-14H,1,10,15-21H2,2-8H3,(H,29,30). The highest BCUT2D eigenvalue weighted by Gasteiger charge is 2.54. The van der Waals surface area contributed by atoms with Crippen LogP contribution in [0.15, 0.2) is 36.9 Å². The second-order valence-electron chi connectivity index (χ2n) is 11.8. The van der Waals surface area contributed by atoms with Crippen LogP contribution in [0.4, 0.5) is 0 Å². The van der Waals surface area contributed by atoms with Gasteiger partial charge >= 0.3 is 5.97 Å². The second-order valence-corrected chi connectivity index (χ2v) is 19.6. The summed E-state index contributed by atoms with van der Waals surface area (Å²) in [5.74, 6) is -0.833. The number of hydrogen-bond donors (Lipinski definition) is 1. The monoisotopic (exact) mass is 523 g/mol. The molecule has 1 aliphatic rings. The molecule has 0 saturated carbocycles. The van der Waals surface area contributed by atoms with Crippen LogP contribution in [-0.4, -0.2) is 59.3 Å². The summed E-state index contributed by atoms with van der Waals surface area (Å²) in [4.78, 5) is 12.3. The Bertz CT molecular complexity index is 845. The van der Waals surface area contributed by atoms with E-state index in [4.69, 9.17) is 9.47 Å². The third kappa shape index (κ3) is 6.99. The van der Waals surface area contributed by atoms with Crippen LogP contribution >= 0.6 is 0 Å². The van der Waals surface area contributed by atoms with E-state index in [2.05, 4.69) is 26.2 Å². The molecule has 1 heterocycles. The molecule has 0 spiro atoms. The molecule has 1 fully saturated rings. The van der Waals surface area contributed by atoms with Gasteiger partial charge in [-0.05, 0) is 50.8 Å². The molecule has 1 N–H and O–H groups in total. The van der Waals surface area contributed by atoms with Gasteiger partial charge in [0.1, 0.15) is 17.0 Å². The number of nitrogens with zero attached hydrogens (tertiary/aromatic N) is 1. The highest BCUT2D eigenvalue weighted by Crippen LogP contribution is 2.42. The van der Waals surface area contributed by atoms with Crippen LogP contribution in [0.5, 0.6) is 0 Å². The van der Waals surface area contributed by atoms with Gasteiger partial charge in [-0.2, -0.15) is 0 Å². The molecule has 1 aliphatic heterocycles. The van der Waals surface area contributed by atoms with Crippen molar-refractivity contribution in [2.45, 2.75) is 88.3 Å². The van der Waals surface area contributed by atoms with Crippen LogP contribution in [-0.2, 0) is 36.6 Å². The molecule has 0 aromatic heterocycles. The first-order valence-corrected chi connectivity index (χ1v) is 17.4. The van der Waals surface area contributed by atoms with Crippen LogP contribution in [0.25, 0.3) is 0 Å². The Kier molecular flexibility index (Phi) is 10.2. The molecule has 0 amide bonds. The normalized spacial score (nSPS) is 18.5. The quantitative estimate of drug-likeness (QED) is 0.111. The summed E-state index contributed by atoms with van der Waals surface area (Å²) in [5.41, 5.74) is 0.158. The van der Waals surface area contributed by atoms with E-state index in [-0.39, 0.29) is 6.73 Å². The van der Waals surface area contributed by atoms with Crippen molar-refractivity contribution in [3.8, 4) is 0 Å². The lowest BCUT2D eigenvalue weighted by Crippen LogP contribution is -2.64. The number of ether oxygens (including phenoxy) is 2. The van der Waals surface area contributed by atoms with Crippen LogP contribution in [0.3, 0.4) is 0 Å². The lowest BCUT2D eigenvalue weighted by Gasteiger charge is -2.50. The van der Waals surface area contributed by atoms with Gasteiger partial charge in [0, 0.05) is 26.0 Å². The molecule has 0 bridgehead atoms. The van der Waals surface area contributed by atoms with Crippen molar-refractivity contribution >= 4 is 25.4 Å². The summed E-state index contributed by atoms with van der Waals surface area (Å²) >= 11 is -1.32. The lowest BCUT2D eigenvalue weighted by atomic mass is 9.73. The molecule has 0 aliphatic carbocycles. The van der Waals surface area contributed by atoms with Crippen molar-refractivity contribution in [3.05, 3.63) is 48.0 Å². The Morgan fingerprint density at radius 1 is 1.29 bits per heavy atom. The molecule has 35 heavy (non-hydrogen) atoms. The van der Waals surface area contributed by atoms with E-state index >= 15 is 0 Å². The minimum Gasteiger partial charge on any atom is -0.597 e. The highest BCUT2D eigenvalue weighted by molar-refractivity contribution is 7.90. The molecular weight excluding hydrogens is 478 g/mol. The number of carboxylic acids is 1. The average molecular weight is 524 g/mol. The van der Waals surface area contributed by atoms with E-state index in [1.807, 2.05) is 56.3 Å². The molecule has 2 unspecified atom stereocenters. The van der Waals surface area contributed by atoms with Gasteiger partial charge < -0.3 is 19.1 Å². The SMILES string of the molecule is C=CCC(CCC)(C(=O)O)c1ccc(C2(N(COCC[Si](C)(C)C)[S+]([O-])C(C)(C)C)COC2)cc1. The van der Waals surface area contributed by atoms with E-state index in [0.29, 0.717) is 32.7 Å². The van der Waals surface area contributed by atoms with E-state index in [1.165, 1.54) is 0 Å². The van der Waals surface area contributed by atoms with Gasteiger partial charge in [-0.25, -0.2) is 0 Å². The number of carbonyl (C=O) groups is 1. The minimum atomic E-state index is -1.32. The minimum absolute atomic E-state index is 0.255. The molecule has 1 aromatic rings. The molecule has 1 saturated heterocycles. The summed E-state index contributed by atoms with van der Waals surface area (Å²) in [5, 5.41) is 10.1. The maximum Gasteiger partial charge on any atom is 0.314 e. The summed E-state index contributed by atoms with van der Waals surface area (Å²) < 4.78 is 26.9. The van der Waals surface area contributed by atoms with Crippen LogP contribution in [0.1, 0.15) is 58.1 Å². The van der Waals surface area contributed by atoms with E-state index in [9.17, 15) is 14.5 Å². The first-order valence-electron chi connectivity index (χ1n) is 12.5. The Balaban J connectivity index is 2.41. The van der Waals surface area contributed by atoms with Gasteiger partial charge in [0.25, 0.3) is 0 Å². The largest absolute Gasteiger partial charge is 0.597 e. The maximum absolute atomic E-state index is 13.7. The Morgan fingerprint density at radius 3 is 2.29 bits per heavy atom. The Hall–Kier alpha value is -1.16. The predicted octanol–water partition coefficient (Wildman–Crippen LogP) is 5.69. The highest BCUT2D eigenvalue weighted by atomic mass is 32.2. The Labute approximate surface area is 216 Å². The predicted molar refractivity (Wildman–Crippen MR) is 147 cm³/mol. The third-order valence-corrected chi connectivity index (χ3v) is 10.2. The topological polar surface area (TPSA) is 82.1 Å². The second kappa shape index (κ2) is 11.9. The summed E-state index contributed by atoms with van der Waals surface area (Å²) in [6.45, 7) is 20.4. The number of rotatable bonds is 14. The van der Waals surface area contributed by atoms with Gasteiger partial charge in [0.05, 0.1) is 18.6 Å². The molecule has 0 radical (unpaired) electrons. The third-order valence-electron chi connectivity index (χ3n) is 6.64. The van der Waals surface area contributed by atoms with Crippen molar-refractivity contribution < 1.29 is 23.9 Å². The first kappa shape index (κ1) is 30.1. The molecule has 198 valence electrons. The molecule has 6 nitrogen and oxygen atoms in total. The van der Waals surface area contributed by atoms with Gasteiger partial charge in [-0.3, -0.25) is 4.79 Å². The van der Waals surface area contributed by atoms with E-state index in [1.54, 1.807) is 6.08 Å². The molecule has 2 rings (SSSR count). The number of benzene rings is 1. The van der Waals surface area contributed by atoms with Gasteiger partial charge in [-0.15, -0.1) is 6.58 Å². The Morgan fingerprint density at radius 2 is 1.89 bits per heavy atom. The van der Waals surface area contributed by atoms with Crippen molar-refractivity contribution in [2.75, 3.05) is 26.6 Å². The van der Waals surface area contributed by atoms with Crippen molar-refractivity contribution in [1.29, 1.82) is 0 Å². The fourth-order valence-corrected chi connectivity index (χ4v) is 6.51.